The van der Waals surface area contributed by atoms with Gasteiger partial charge in [0.2, 0.25) is 5.91 Å². The molecule has 0 aliphatic carbocycles. The molecule has 4 aromatic rings. The minimum atomic E-state index is -0.0984. The number of hydrogen-bond donors (Lipinski definition) is 1. The van der Waals surface area contributed by atoms with E-state index in [2.05, 4.69) is 35.6 Å². The lowest BCUT2D eigenvalue weighted by Gasteiger charge is -2.10. The number of nitrogens with zero attached hydrogens (tertiary/aromatic N) is 2. The maximum atomic E-state index is 12.3. The molecule has 0 atom stereocenters. The van der Waals surface area contributed by atoms with Crippen LogP contribution in [-0.2, 0) is 4.79 Å². The molecule has 4 heteroatoms. The summed E-state index contributed by atoms with van der Waals surface area (Å²) in [4.78, 5) is 17.0. The van der Waals surface area contributed by atoms with Crippen LogP contribution in [0.4, 0.5) is 5.82 Å². The molecule has 0 aliphatic rings. The van der Waals surface area contributed by atoms with E-state index >= 15 is 0 Å². The summed E-state index contributed by atoms with van der Waals surface area (Å²) in [6.07, 6.45) is 1.92. The Morgan fingerprint density at radius 1 is 1.00 bits per heavy atom. The first kappa shape index (κ1) is 15.4. The molecule has 4 rings (SSSR count). The first-order chi connectivity index (χ1) is 12.1. The van der Waals surface area contributed by atoms with Gasteiger partial charge in [0, 0.05) is 17.7 Å². The number of carbonyl (C=O) groups excluding carboxylic acids is 1. The summed E-state index contributed by atoms with van der Waals surface area (Å²) in [6, 6.07) is 20.3. The second kappa shape index (κ2) is 6.06. The number of fused-ring (bicyclic) bond motifs is 2. The van der Waals surface area contributed by atoms with Gasteiger partial charge in [-0.15, -0.1) is 0 Å². The minimum absolute atomic E-state index is 0.0207. The molecule has 0 radical (unpaired) electrons. The van der Waals surface area contributed by atoms with Crippen molar-refractivity contribution in [1.82, 2.24) is 9.38 Å². The van der Waals surface area contributed by atoms with Crippen LogP contribution in [0.25, 0.3) is 27.7 Å². The van der Waals surface area contributed by atoms with E-state index in [1.54, 1.807) is 0 Å². The van der Waals surface area contributed by atoms with Crippen molar-refractivity contribution in [2.24, 2.45) is 5.92 Å². The number of pyridine rings is 1. The SMILES string of the molecule is CC(C)C(=O)Nc1c(-c2ccc3ccccc3c2)nc2ccccn12. The quantitative estimate of drug-likeness (QED) is 0.589. The Labute approximate surface area is 146 Å². The van der Waals surface area contributed by atoms with Crippen LogP contribution in [0.2, 0.25) is 0 Å². The molecule has 25 heavy (non-hydrogen) atoms. The lowest BCUT2D eigenvalue weighted by molar-refractivity contribution is -0.118. The van der Waals surface area contributed by atoms with Gasteiger partial charge in [0.1, 0.15) is 17.2 Å². The monoisotopic (exact) mass is 329 g/mol. The normalized spacial score (nSPS) is 11.3. The van der Waals surface area contributed by atoms with E-state index in [1.165, 1.54) is 5.39 Å². The van der Waals surface area contributed by atoms with Gasteiger partial charge in [0.05, 0.1) is 0 Å². The van der Waals surface area contributed by atoms with Crippen molar-refractivity contribution in [2.45, 2.75) is 13.8 Å². The molecule has 2 heterocycles. The molecular weight excluding hydrogens is 310 g/mol. The Bertz CT molecular complexity index is 1080. The maximum absolute atomic E-state index is 12.3. The van der Waals surface area contributed by atoms with Crippen LogP contribution in [0.3, 0.4) is 0 Å². The molecule has 0 aliphatic heterocycles. The fraction of sp³-hybridized carbons (Fsp3) is 0.143. The Hall–Kier alpha value is -3.14. The number of aromatic nitrogens is 2. The number of hydrogen-bond acceptors (Lipinski definition) is 2. The zero-order valence-electron chi connectivity index (χ0n) is 14.2. The number of nitrogens with one attached hydrogen (secondary N) is 1. The van der Waals surface area contributed by atoms with Crippen molar-refractivity contribution in [1.29, 1.82) is 0 Å². The highest BCUT2D eigenvalue weighted by atomic mass is 16.1. The Morgan fingerprint density at radius 3 is 2.56 bits per heavy atom. The van der Waals surface area contributed by atoms with Crippen LogP contribution in [0.5, 0.6) is 0 Å². The Balaban J connectivity index is 1.91. The third-order valence-corrected chi connectivity index (χ3v) is 4.32. The average Bonchev–Trinajstić information content (AvgIpc) is 3.00. The summed E-state index contributed by atoms with van der Waals surface area (Å²) in [5.74, 6) is 0.594. The third kappa shape index (κ3) is 2.76. The van der Waals surface area contributed by atoms with Gasteiger partial charge < -0.3 is 5.32 Å². The number of benzene rings is 2. The van der Waals surface area contributed by atoms with Gasteiger partial charge in [0.25, 0.3) is 0 Å². The fourth-order valence-electron chi connectivity index (χ4n) is 2.91. The number of carbonyl (C=O) groups is 1. The average molecular weight is 329 g/mol. The summed E-state index contributed by atoms with van der Waals surface area (Å²) in [6.45, 7) is 3.77. The lowest BCUT2D eigenvalue weighted by Crippen LogP contribution is -2.19. The zero-order valence-corrected chi connectivity index (χ0v) is 14.2. The van der Waals surface area contributed by atoms with Gasteiger partial charge in [-0.05, 0) is 29.0 Å². The minimum Gasteiger partial charge on any atom is -0.310 e. The molecule has 4 nitrogen and oxygen atoms in total. The summed E-state index contributed by atoms with van der Waals surface area (Å²) in [7, 11) is 0. The van der Waals surface area contributed by atoms with Gasteiger partial charge in [-0.3, -0.25) is 9.20 Å². The van der Waals surface area contributed by atoms with Crippen molar-refractivity contribution in [3.05, 3.63) is 66.9 Å². The standard InChI is InChI=1S/C21H19N3O/c1-14(2)21(25)23-20-19(22-18-9-5-6-12-24(18)20)17-11-10-15-7-3-4-8-16(15)13-17/h3-14H,1-2H3,(H,23,25). The van der Waals surface area contributed by atoms with Crippen LogP contribution in [-0.4, -0.2) is 15.3 Å². The van der Waals surface area contributed by atoms with E-state index in [1.807, 2.05) is 54.8 Å². The van der Waals surface area contributed by atoms with Gasteiger partial charge >= 0.3 is 0 Å². The van der Waals surface area contributed by atoms with E-state index in [-0.39, 0.29) is 11.8 Å². The topological polar surface area (TPSA) is 46.4 Å². The number of anilines is 1. The molecule has 1 amide bonds. The van der Waals surface area contributed by atoms with E-state index < -0.39 is 0 Å². The number of amides is 1. The molecule has 0 bridgehead atoms. The molecule has 0 fully saturated rings. The highest BCUT2D eigenvalue weighted by molar-refractivity contribution is 5.97. The van der Waals surface area contributed by atoms with Crippen molar-refractivity contribution in [3.63, 3.8) is 0 Å². The van der Waals surface area contributed by atoms with Gasteiger partial charge in [-0.1, -0.05) is 56.3 Å². The largest absolute Gasteiger partial charge is 0.310 e. The zero-order chi connectivity index (χ0) is 17.4. The van der Waals surface area contributed by atoms with Crippen LogP contribution >= 0.6 is 0 Å². The predicted molar refractivity (Wildman–Crippen MR) is 102 cm³/mol. The smallest absolute Gasteiger partial charge is 0.228 e. The van der Waals surface area contributed by atoms with E-state index in [0.717, 1.165) is 22.3 Å². The van der Waals surface area contributed by atoms with Gasteiger partial charge in [-0.25, -0.2) is 4.98 Å². The summed E-state index contributed by atoms with van der Waals surface area (Å²) >= 11 is 0. The Kier molecular flexibility index (Phi) is 3.73. The molecule has 0 saturated heterocycles. The van der Waals surface area contributed by atoms with Crippen molar-refractivity contribution >= 4 is 28.1 Å². The van der Waals surface area contributed by atoms with E-state index in [0.29, 0.717) is 5.82 Å². The summed E-state index contributed by atoms with van der Waals surface area (Å²) in [5.41, 5.74) is 2.58. The van der Waals surface area contributed by atoms with Gasteiger partial charge in [0.15, 0.2) is 0 Å². The summed E-state index contributed by atoms with van der Waals surface area (Å²) < 4.78 is 1.92. The van der Waals surface area contributed by atoms with Crippen molar-refractivity contribution in [3.8, 4) is 11.3 Å². The number of imidazole rings is 1. The van der Waals surface area contributed by atoms with Crippen molar-refractivity contribution in [2.75, 3.05) is 5.32 Å². The summed E-state index contributed by atoms with van der Waals surface area (Å²) in [5, 5.41) is 5.38. The third-order valence-electron chi connectivity index (χ3n) is 4.32. The second-order valence-corrected chi connectivity index (χ2v) is 6.44. The molecule has 0 spiro atoms. The molecule has 0 saturated carbocycles. The fourth-order valence-corrected chi connectivity index (χ4v) is 2.91. The van der Waals surface area contributed by atoms with Crippen LogP contribution < -0.4 is 5.32 Å². The van der Waals surface area contributed by atoms with Crippen molar-refractivity contribution < 1.29 is 4.79 Å². The first-order valence-corrected chi connectivity index (χ1v) is 8.40. The molecule has 2 aromatic heterocycles. The van der Waals surface area contributed by atoms with Gasteiger partial charge in [-0.2, -0.15) is 0 Å². The van der Waals surface area contributed by atoms with Crippen LogP contribution in [0.1, 0.15) is 13.8 Å². The predicted octanol–water partition coefficient (Wildman–Crippen LogP) is 4.75. The lowest BCUT2D eigenvalue weighted by atomic mass is 10.0. The maximum Gasteiger partial charge on any atom is 0.228 e. The molecular formula is C21H19N3O. The van der Waals surface area contributed by atoms with Crippen LogP contribution in [0, 0.1) is 5.92 Å². The Morgan fingerprint density at radius 2 is 1.76 bits per heavy atom. The molecule has 1 N–H and O–H groups in total. The first-order valence-electron chi connectivity index (χ1n) is 8.40. The highest BCUT2D eigenvalue weighted by Crippen LogP contribution is 2.31. The molecule has 2 aromatic carbocycles. The number of rotatable bonds is 3. The second-order valence-electron chi connectivity index (χ2n) is 6.44. The van der Waals surface area contributed by atoms with E-state index in [4.69, 9.17) is 4.98 Å². The highest BCUT2D eigenvalue weighted by Gasteiger charge is 2.17. The van der Waals surface area contributed by atoms with Crippen LogP contribution in [0.15, 0.2) is 66.9 Å². The molecule has 0 unspecified atom stereocenters. The molecule has 124 valence electrons. The van der Waals surface area contributed by atoms with E-state index in [9.17, 15) is 4.79 Å².